The number of hydrogen-bond donors (Lipinski definition) is 4. The van der Waals surface area contributed by atoms with Crippen molar-refractivity contribution in [2.24, 2.45) is 0 Å². The third-order valence-electron chi connectivity index (χ3n) is 4.89. The van der Waals surface area contributed by atoms with Crippen molar-refractivity contribution in [3.63, 3.8) is 0 Å². The maximum absolute atomic E-state index is 12.1. The van der Waals surface area contributed by atoms with E-state index in [9.17, 15) is 28.2 Å². The topological polar surface area (TPSA) is 156 Å². The Bertz CT molecular complexity index is 1100. The van der Waals surface area contributed by atoms with Crippen LogP contribution in [0.4, 0.5) is 19.0 Å². The van der Waals surface area contributed by atoms with Crippen LogP contribution in [0.5, 0.6) is 0 Å². The van der Waals surface area contributed by atoms with Crippen LogP contribution in [-0.4, -0.2) is 67.5 Å². The van der Waals surface area contributed by atoms with Gasteiger partial charge < -0.3 is 26.0 Å². The van der Waals surface area contributed by atoms with E-state index in [4.69, 9.17) is 10.5 Å². The van der Waals surface area contributed by atoms with E-state index in [1.807, 2.05) is 30.3 Å². The molecule has 186 valence electrons. The molecule has 0 spiro atoms. The van der Waals surface area contributed by atoms with E-state index in [-0.39, 0.29) is 18.2 Å². The van der Waals surface area contributed by atoms with Crippen LogP contribution in [0.15, 0.2) is 55.1 Å². The number of alkyl halides is 3. The van der Waals surface area contributed by atoms with Crippen molar-refractivity contribution >= 4 is 11.7 Å². The Labute approximate surface area is 198 Å². The van der Waals surface area contributed by atoms with Gasteiger partial charge in [0.2, 0.25) is 5.82 Å². The monoisotopic (exact) mass is 492 g/mol. The third-order valence-corrected chi connectivity index (χ3v) is 4.89. The van der Waals surface area contributed by atoms with Gasteiger partial charge in [0.15, 0.2) is 5.69 Å². The highest BCUT2D eigenvalue weighted by molar-refractivity contribution is 5.90. The molecule has 1 amide bonds. The Balaban J connectivity index is 0.000000261. The molecule has 3 unspecified atom stereocenters. The Morgan fingerprint density at radius 2 is 1.77 bits per heavy atom. The van der Waals surface area contributed by atoms with E-state index < -0.39 is 36.1 Å². The number of nitrogens with one attached hydrogen (secondary N) is 1. The van der Waals surface area contributed by atoms with Crippen LogP contribution in [0, 0.1) is 0 Å². The average Bonchev–Trinajstić information content (AvgIpc) is 2.85. The molecule has 2 aromatic heterocycles. The maximum Gasteiger partial charge on any atom is 0.434 e. The van der Waals surface area contributed by atoms with Gasteiger partial charge in [0.05, 0.1) is 18.5 Å². The van der Waals surface area contributed by atoms with Gasteiger partial charge in [0.1, 0.15) is 18.0 Å². The normalized spacial score (nSPS) is 19.9. The highest BCUT2D eigenvalue weighted by Crippen LogP contribution is 2.26. The van der Waals surface area contributed by atoms with E-state index >= 15 is 0 Å². The van der Waals surface area contributed by atoms with Crippen LogP contribution < -0.4 is 11.1 Å². The van der Waals surface area contributed by atoms with Crippen molar-refractivity contribution in [2.45, 2.75) is 30.9 Å². The van der Waals surface area contributed by atoms with Gasteiger partial charge >= 0.3 is 6.18 Å². The molecule has 10 nitrogen and oxygen atoms in total. The Morgan fingerprint density at radius 3 is 2.37 bits per heavy atom. The van der Waals surface area contributed by atoms with E-state index in [1.54, 1.807) is 12.4 Å². The number of anilines is 1. The van der Waals surface area contributed by atoms with Gasteiger partial charge in [-0.2, -0.15) is 13.2 Å². The zero-order valence-electron chi connectivity index (χ0n) is 18.3. The summed E-state index contributed by atoms with van der Waals surface area (Å²) in [5.41, 5.74) is 5.70. The lowest BCUT2D eigenvalue weighted by Gasteiger charge is -2.31. The highest BCUT2D eigenvalue weighted by Gasteiger charge is 2.33. The fourth-order valence-corrected chi connectivity index (χ4v) is 3.05. The molecular weight excluding hydrogens is 469 g/mol. The van der Waals surface area contributed by atoms with Gasteiger partial charge in [-0.3, -0.25) is 9.78 Å². The zero-order valence-corrected chi connectivity index (χ0v) is 18.3. The smallest absolute Gasteiger partial charge is 0.390 e. The lowest BCUT2D eigenvalue weighted by Crippen LogP contribution is -2.50. The fraction of sp³-hybridized carbons (Fsp3) is 0.318. The molecule has 0 aliphatic carbocycles. The number of rotatable bonds is 4. The largest absolute Gasteiger partial charge is 0.434 e. The SMILES string of the molecule is Nc1cncc(C(F)(F)F)n1.O=C(NCC1OCCC(O)C1O)c1ncc(-c2ccccc2)cn1. The number of aliphatic hydroxyl groups excluding tert-OH is 2. The summed E-state index contributed by atoms with van der Waals surface area (Å²) < 4.78 is 40.8. The number of nitrogens with two attached hydrogens (primary N) is 1. The van der Waals surface area contributed by atoms with Crippen molar-refractivity contribution in [3.05, 3.63) is 66.6 Å². The average molecular weight is 492 g/mol. The lowest BCUT2D eigenvalue weighted by molar-refractivity contribution is -0.141. The summed E-state index contributed by atoms with van der Waals surface area (Å²) in [6, 6.07) is 9.63. The first-order valence-corrected chi connectivity index (χ1v) is 10.4. The van der Waals surface area contributed by atoms with E-state index in [0.717, 1.165) is 17.3 Å². The number of ether oxygens (including phenoxy) is 1. The number of aliphatic hydroxyl groups is 2. The molecule has 1 fully saturated rings. The van der Waals surface area contributed by atoms with Crippen molar-refractivity contribution in [1.82, 2.24) is 25.3 Å². The van der Waals surface area contributed by atoms with Crippen LogP contribution in [0.1, 0.15) is 22.7 Å². The molecule has 0 radical (unpaired) electrons. The van der Waals surface area contributed by atoms with Gasteiger partial charge in [0.25, 0.3) is 5.91 Å². The molecule has 3 atom stereocenters. The molecule has 35 heavy (non-hydrogen) atoms. The summed E-state index contributed by atoms with van der Waals surface area (Å²) in [6.07, 6.45) is -1.72. The summed E-state index contributed by atoms with van der Waals surface area (Å²) >= 11 is 0. The molecule has 1 saturated heterocycles. The first kappa shape index (κ1) is 25.9. The minimum Gasteiger partial charge on any atom is -0.390 e. The van der Waals surface area contributed by atoms with Crippen molar-refractivity contribution in [3.8, 4) is 11.1 Å². The number of carbonyl (C=O) groups is 1. The Hall–Kier alpha value is -3.68. The Morgan fingerprint density at radius 1 is 1.09 bits per heavy atom. The predicted molar refractivity (Wildman–Crippen MR) is 118 cm³/mol. The lowest BCUT2D eigenvalue weighted by atomic mass is 10.0. The molecule has 4 rings (SSSR count). The van der Waals surface area contributed by atoms with Crippen molar-refractivity contribution in [2.75, 3.05) is 18.9 Å². The predicted octanol–water partition coefficient (Wildman–Crippen LogP) is 1.46. The number of nitrogen functional groups attached to an aromatic ring is 1. The quantitative estimate of drug-likeness (QED) is 0.423. The number of nitrogens with zero attached hydrogens (tertiary/aromatic N) is 4. The number of hydrogen-bond acceptors (Lipinski definition) is 9. The second-order valence-electron chi connectivity index (χ2n) is 7.45. The minimum atomic E-state index is -4.47. The van der Waals surface area contributed by atoms with Gasteiger partial charge in [-0.25, -0.2) is 15.0 Å². The first-order valence-electron chi connectivity index (χ1n) is 10.4. The number of aromatic nitrogens is 4. The molecule has 0 saturated carbocycles. The van der Waals surface area contributed by atoms with Crippen LogP contribution in [-0.2, 0) is 10.9 Å². The second-order valence-corrected chi connectivity index (χ2v) is 7.45. The van der Waals surface area contributed by atoms with Gasteiger partial charge in [0, 0.05) is 31.1 Å². The molecule has 1 aliphatic heterocycles. The molecular formula is C22H23F3N6O4. The van der Waals surface area contributed by atoms with Crippen LogP contribution in [0.25, 0.3) is 11.1 Å². The molecule has 1 aromatic carbocycles. The second kappa shape index (κ2) is 11.6. The highest BCUT2D eigenvalue weighted by atomic mass is 19.4. The summed E-state index contributed by atoms with van der Waals surface area (Å²) in [4.78, 5) is 26.5. The van der Waals surface area contributed by atoms with Crippen molar-refractivity contribution in [1.29, 1.82) is 0 Å². The molecule has 1 aliphatic rings. The van der Waals surface area contributed by atoms with Crippen LogP contribution in [0.3, 0.4) is 0 Å². The summed E-state index contributed by atoms with van der Waals surface area (Å²) in [5, 5.41) is 22.0. The van der Waals surface area contributed by atoms with Gasteiger partial charge in [-0.15, -0.1) is 0 Å². The number of benzene rings is 1. The standard InChI is InChI=1S/C17H19N3O4.C5H4F3N3/c21-13-6-7-24-14(15(13)22)10-20-17(23)16-18-8-12(9-19-16)11-4-2-1-3-5-11;6-5(7,8)3-1-10-2-4(9)11-3/h1-5,8-9,13-15,21-22H,6-7,10H2,(H,20,23);1-2H,(H2,9,11). The zero-order chi connectivity index (χ0) is 25.4. The van der Waals surface area contributed by atoms with Crippen LogP contribution >= 0.6 is 0 Å². The van der Waals surface area contributed by atoms with Crippen LogP contribution in [0.2, 0.25) is 0 Å². The maximum atomic E-state index is 12.1. The third kappa shape index (κ3) is 7.40. The van der Waals surface area contributed by atoms with Gasteiger partial charge in [-0.1, -0.05) is 30.3 Å². The van der Waals surface area contributed by atoms with E-state index in [2.05, 4.69) is 25.3 Å². The molecule has 13 heteroatoms. The molecule has 0 bridgehead atoms. The fourth-order valence-electron chi connectivity index (χ4n) is 3.05. The Kier molecular flexibility index (Phi) is 8.63. The first-order chi connectivity index (χ1) is 16.6. The van der Waals surface area contributed by atoms with E-state index in [0.29, 0.717) is 19.2 Å². The number of amides is 1. The summed E-state index contributed by atoms with van der Waals surface area (Å²) in [7, 11) is 0. The molecule has 3 aromatic rings. The molecule has 5 N–H and O–H groups in total. The molecule has 3 heterocycles. The van der Waals surface area contributed by atoms with Crippen molar-refractivity contribution < 1.29 is 32.9 Å². The summed E-state index contributed by atoms with van der Waals surface area (Å²) in [6.45, 7) is 0.432. The minimum absolute atomic E-state index is 0.0422. The number of carbonyl (C=O) groups excluding carboxylic acids is 1. The number of halogens is 3. The summed E-state index contributed by atoms with van der Waals surface area (Å²) in [5.74, 6) is -0.647. The van der Waals surface area contributed by atoms with Gasteiger partial charge in [-0.05, 0) is 12.0 Å². The van der Waals surface area contributed by atoms with E-state index in [1.165, 1.54) is 0 Å².